The van der Waals surface area contributed by atoms with Crippen LogP contribution in [0.1, 0.15) is 61.4 Å². The third-order valence-electron chi connectivity index (χ3n) is 5.30. The number of aromatic carboxylic acids is 1. The van der Waals surface area contributed by atoms with E-state index in [0.717, 1.165) is 6.42 Å². The number of tetrazole rings is 1. The van der Waals surface area contributed by atoms with Gasteiger partial charge in [-0.2, -0.15) is 4.80 Å². The van der Waals surface area contributed by atoms with Gasteiger partial charge >= 0.3 is 5.97 Å². The largest absolute Gasteiger partial charge is 0.486 e. The molecule has 8 nitrogen and oxygen atoms in total. The Labute approximate surface area is 193 Å². The second-order valence-corrected chi connectivity index (χ2v) is 8.02. The van der Waals surface area contributed by atoms with Gasteiger partial charge < -0.3 is 9.84 Å². The molecule has 33 heavy (non-hydrogen) atoms. The van der Waals surface area contributed by atoms with E-state index in [-0.39, 0.29) is 24.5 Å². The van der Waals surface area contributed by atoms with E-state index in [0.29, 0.717) is 17.1 Å². The highest BCUT2D eigenvalue weighted by Gasteiger charge is 2.11. The predicted octanol–water partition coefficient (Wildman–Crippen LogP) is 4.59. The Balaban J connectivity index is 1.41. The fourth-order valence-electron chi connectivity index (χ4n) is 3.42. The molecule has 0 saturated heterocycles. The van der Waals surface area contributed by atoms with Gasteiger partial charge in [0.15, 0.2) is 5.78 Å². The van der Waals surface area contributed by atoms with Crippen molar-refractivity contribution >= 4 is 11.8 Å². The van der Waals surface area contributed by atoms with E-state index in [1.807, 2.05) is 24.3 Å². The van der Waals surface area contributed by atoms with Crippen LogP contribution < -0.4 is 4.74 Å². The number of carbonyl (C=O) groups excluding carboxylic acids is 1. The summed E-state index contributed by atoms with van der Waals surface area (Å²) in [6.07, 6.45) is 8.73. The highest BCUT2D eigenvalue weighted by Crippen LogP contribution is 2.16. The van der Waals surface area contributed by atoms with Gasteiger partial charge in [0.25, 0.3) is 0 Å². The number of unbranched alkanes of at least 4 members (excludes halogenated alkanes) is 5. The molecule has 0 spiro atoms. The van der Waals surface area contributed by atoms with E-state index in [1.165, 1.54) is 61.0 Å². The number of benzene rings is 2. The average molecular weight is 451 g/mol. The first-order valence-corrected chi connectivity index (χ1v) is 11.4. The summed E-state index contributed by atoms with van der Waals surface area (Å²) in [6.45, 7) is 2.09. The lowest BCUT2D eigenvalue weighted by atomic mass is 10.0. The lowest BCUT2D eigenvalue weighted by molar-refractivity contribution is -0.122. The molecule has 0 amide bonds. The van der Waals surface area contributed by atoms with Gasteiger partial charge in [-0.25, -0.2) is 4.79 Å². The van der Waals surface area contributed by atoms with E-state index in [9.17, 15) is 9.59 Å². The minimum Gasteiger partial charge on any atom is -0.486 e. The molecule has 0 unspecified atom stereocenters. The van der Waals surface area contributed by atoms with E-state index < -0.39 is 5.97 Å². The lowest BCUT2D eigenvalue weighted by Gasteiger charge is -2.07. The van der Waals surface area contributed by atoms with Gasteiger partial charge in [0, 0.05) is 5.56 Å². The first-order chi connectivity index (χ1) is 16.0. The van der Waals surface area contributed by atoms with Crippen molar-refractivity contribution < 1.29 is 19.4 Å². The highest BCUT2D eigenvalue weighted by atomic mass is 16.5. The van der Waals surface area contributed by atoms with Gasteiger partial charge in [0.2, 0.25) is 5.82 Å². The number of Topliss-reactive ketones (excluding diaryl/α,β-unsaturated/α-hetero) is 1. The number of aryl methyl sites for hydroxylation is 1. The summed E-state index contributed by atoms with van der Waals surface area (Å²) in [7, 11) is 0. The van der Waals surface area contributed by atoms with Crippen LogP contribution in [0.15, 0.2) is 48.5 Å². The topological polar surface area (TPSA) is 107 Å². The standard InChI is InChI=1S/C25H30N4O4/c1-2-3-4-5-6-7-8-19-9-15-23(16-10-19)33-18-22(30)17-29-27-24(26-28-29)20-11-13-21(14-12-20)25(31)32/h9-16H,2-8,17-18H2,1H3,(H,31,32). The second-order valence-electron chi connectivity index (χ2n) is 8.02. The number of carboxylic acid groups (broad SMARTS) is 1. The van der Waals surface area contributed by atoms with E-state index in [4.69, 9.17) is 9.84 Å². The number of ether oxygens (including phenoxy) is 1. The van der Waals surface area contributed by atoms with E-state index >= 15 is 0 Å². The van der Waals surface area contributed by atoms with Crippen LogP contribution in [0.2, 0.25) is 0 Å². The predicted molar refractivity (Wildman–Crippen MR) is 124 cm³/mol. The molecule has 174 valence electrons. The molecule has 0 fully saturated rings. The van der Waals surface area contributed by atoms with Crippen LogP contribution in [0.5, 0.6) is 5.75 Å². The Morgan fingerprint density at radius 1 is 0.939 bits per heavy atom. The first kappa shape index (κ1) is 24.1. The molecule has 3 rings (SSSR count). The van der Waals surface area contributed by atoms with Crippen molar-refractivity contribution in [2.24, 2.45) is 0 Å². The quantitative estimate of drug-likeness (QED) is 0.358. The zero-order valence-electron chi connectivity index (χ0n) is 18.9. The number of nitrogens with zero attached hydrogens (tertiary/aromatic N) is 4. The number of aromatic nitrogens is 4. The summed E-state index contributed by atoms with van der Waals surface area (Å²) in [5.74, 6) is -0.213. The maximum atomic E-state index is 12.2. The fourth-order valence-corrected chi connectivity index (χ4v) is 3.42. The second kappa shape index (κ2) is 12.5. The number of carboxylic acids is 1. The van der Waals surface area contributed by atoms with Crippen LogP contribution in [0, 0.1) is 0 Å². The van der Waals surface area contributed by atoms with Crippen molar-refractivity contribution in [3.05, 3.63) is 59.7 Å². The third-order valence-corrected chi connectivity index (χ3v) is 5.30. The van der Waals surface area contributed by atoms with E-state index in [1.54, 1.807) is 12.1 Å². The van der Waals surface area contributed by atoms with Crippen molar-refractivity contribution in [2.45, 2.75) is 58.4 Å². The molecule has 1 aromatic heterocycles. The molecule has 0 atom stereocenters. The third kappa shape index (κ3) is 7.82. The molecule has 8 heteroatoms. The summed E-state index contributed by atoms with van der Waals surface area (Å²) < 4.78 is 5.60. The van der Waals surface area contributed by atoms with Crippen molar-refractivity contribution in [1.82, 2.24) is 20.2 Å². The normalized spacial score (nSPS) is 10.8. The van der Waals surface area contributed by atoms with Crippen molar-refractivity contribution in [1.29, 1.82) is 0 Å². The van der Waals surface area contributed by atoms with Gasteiger partial charge in [-0.3, -0.25) is 4.79 Å². The molecule has 2 aromatic carbocycles. The molecule has 0 aliphatic heterocycles. The monoisotopic (exact) mass is 450 g/mol. The zero-order valence-corrected chi connectivity index (χ0v) is 18.9. The Morgan fingerprint density at radius 3 is 2.33 bits per heavy atom. The summed E-state index contributed by atoms with van der Waals surface area (Å²) in [6, 6.07) is 14.0. The highest BCUT2D eigenvalue weighted by molar-refractivity contribution is 5.88. The summed E-state index contributed by atoms with van der Waals surface area (Å²) in [5.41, 5.74) is 2.07. The van der Waals surface area contributed by atoms with Crippen LogP contribution in [0.25, 0.3) is 11.4 Å². The van der Waals surface area contributed by atoms with E-state index in [2.05, 4.69) is 22.3 Å². The number of hydrogen-bond acceptors (Lipinski definition) is 6. The Morgan fingerprint density at radius 2 is 1.64 bits per heavy atom. The van der Waals surface area contributed by atoms with Crippen molar-refractivity contribution in [3.63, 3.8) is 0 Å². The van der Waals surface area contributed by atoms with Gasteiger partial charge in [0.1, 0.15) is 18.9 Å². The zero-order chi connectivity index (χ0) is 23.5. The van der Waals surface area contributed by atoms with Gasteiger partial charge in [-0.15, -0.1) is 10.2 Å². The van der Waals surface area contributed by atoms with Crippen molar-refractivity contribution in [2.75, 3.05) is 6.61 Å². The van der Waals surface area contributed by atoms with Crippen LogP contribution in [0.3, 0.4) is 0 Å². The molecule has 0 saturated carbocycles. The molecular weight excluding hydrogens is 420 g/mol. The first-order valence-electron chi connectivity index (χ1n) is 11.4. The number of ketones is 1. The SMILES string of the molecule is CCCCCCCCc1ccc(OCC(=O)Cn2nnc(-c3ccc(C(=O)O)cc3)n2)cc1. The molecule has 0 aliphatic carbocycles. The molecule has 3 aromatic rings. The Hall–Kier alpha value is -3.55. The van der Waals surface area contributed by atoms with Crippen molar-refractivity contribution in [3.8, 4) is 17.1 Å². The minimum absolute atomic E-state index is 0.0592. The van der Waals surface area contributed by atoms with Crippen LogP contribution >= 0.6 is 0 Å². The molecule has 0 bridgehead atoms. The molecule has 1 heterocycles. The van der Waals surface area contributed by atoms with Crippen LogP contribution in [0.4, 0.5) is 0 Å². The number of rotatable bonds is 14. The van der Waals surface area contributed by atoms with Gasteiger partial charge in [0.05, 0.1) is 5.56 Å². The lowest BCUT2D eigenvalue weighted by Crippen LogP contribution is -2.19. The van der Waals surface area contributed by atoms with Crippen LogP contribution in [-0.2, 0) is 17.8 Å². The maximum Gasteiger partial charge on any atom is 0.335 e. The molecule has 1 N–H and O–H groups in total. The van der Waals surface area contributed by atoms with Gasteiger partial charge in [-0.05, 0) is 47.9 Å². The number of carbonyl (C=O) groups is 2. The molecular formula is C25H30N4O4. The summed E-state index contributed by atoms with van der Waals surface area (Å²) in [5, 5.41) is 21.0. The average Bonchev–Trinajstić information content (AvgIpc) is 3.29. The Kier molecular flexibility index (Phi) is 9.11. The minimum atomic E-state index is -1.00. The smallest absolute Gasteiger partial charge is 0.335 e. The molecule has 0 aliphatic rings. The maximum absolute atomic E-state index is 12.2. The van der Waals surface area contributed by atoms with Gasteiger partial charge in [-0.1, -0.05) is 63.3 Å². The fraction of sp³-hybridized carbons (Fsp3) is 0.400. The Bertz CT molecular complexity index is 1030. The number of hydrogen-bond donors (Lipinski definition) is 1. The summed E-state index contributed by atoms with van der Waals surface area (Å²) >= 11 is 0. The van der Waals surface area contributed by atoms with Crippen LogP contribution in [-0.4, -0.2) is 43.7 Å². The molecule has 0 radical (unpaired) electrons. The summed E-state index contributed by atoms with van der Waals surface area (Å²) in [4.78, 5) is 24.4.